The van der Waals surface area contributed by atoms with Crippen molar-refractivity contribution in [2.45, 2.75) is 32.7 Å². The second kappa shape index (κ2) is 4.46. The zero-order valence-electron chi connectivity index (χ0n) is 10.8. The summed E-state index contributed by atoms with van der Waals surface area (Å²) in [4.78, 5) is 4.32. The zero-order chi connectivity index (χ0) is 12.5. The van der Waals surface area contributed by atoms with Gasteiger partial charge in [-0.05, 0) is 23.8 Å². The van der Waals surface area contributed by atoms with Crippen LogP contribution in [0.4, 0.5) is 0 Å². The molecule has 2 N–H and O–H groups in total. The highest BCUT2D eigenvalue weighted by Gasteiger charge is 2.29. The summed E-state index contributed by atoms with van der Waals surface area (Å²) in [5.74, 6) is 0.426. The van der Waals surface area contributed by atoms with Gasteiger partial charge in [0.25, 0.3) is 0 Å². The van der Waals surface area contributed by atoms with E-state index in [0.717, 1.165) is 17.4 Å². The number of fused-ring (bicyclic) bond motifs is 1. The molecule has 0 fully saturated rings. The Labute approximate surface area is 103 Å². The van der Waals surface area contributed by atoms with E-state index in [4.69, 9.17) is 5.73 Å². The highest BCUT2D eigenvalue weighted by Crippen LogP contribution is 2.32. The first-order chi connectivity index (χ1) is 8.07. The SMILES string of the molecule is CCC(C)C(C)(N)c1cncc2ccccc12. The van der Waals surface area contributed by atoms with Gasteiger partial charge in [-0.15, -0.1) is 0 Å². The third-order valence-electron chi connectivity index (χ3n) is 3.88. The van der Waals surface area contributed by atoms with Gasteiger partial charge in [-0.25, -0.2) is 0 Å². The number of hydrogen-bond donors (Lipinski definition) is 1. The standard InChI is InChI=1S/C15H20N2/c1-4-11(2)15(3,16)14-10-17-9-12-7-5-6-8-13(12)14/h5-11H,4,16H2,1-3H3. The monoisotopic (exact) mass is 228 g/mol. The largest absolute Gasteiger partial charge is 0.321 e. The van der Waals surface area contributed by atoms with E-state index >= 15 is 0 Å². The van der Waals surface area contributed by atoms with Gasteiger partial charge >= 0.3 is 0 Å². The molecule has 0 aliphatic heterocycles. The Hall–Kier alpha value is -1.41. The predicted octanol–water partition coefficient (Wildman–Crippen LogP) is 3.45. The summed E-state index contributed by atoms with van der Waals surface area (Å²) >= 11 is 0. The van der Waals surface area contributed by atoms with Crippen LogP contribution in [0.5, 0.6) is 0 Å². The predicted molar refractivity (Wildman–Crippen MR) is 72.7 cm³/mol. The van der Waals surface area contributed by atoms with Crippen LogP contribution in [-0.4, -0.2) is 4.98 Å². The molecule has 0 saturated heterocycles. The third kappa shape index (κ3) is 2.05. The molecule has 2 aromatic rings. The van der Waals surface area contributed by atoms with Gasteiger partial charge in [0, 0.05) is 23.3 Å². The van der Waals surface area contributed by atoms with E-state index in [0.29, 0.717) is 5.92 Å². The fraction of sp³-hybridized carbons (Fsp3) is 0.400. The van der Waals surface area contributed by atoms with E-state index in [1.165, 1.54) is 5.39 Å². The molecule has 2 atom stereocenters. The van der Waals surface area contributed by atoms with Crippen molar-refractivity contribution in [1.82, 2.24) is 4.98 Å². The molecule has 90 valence electrons. The quantitative estimate of drug-likeness (QED) is 0.873. The van der Waals surface area contributed by atoms with E-state index in [9.17, 15) is 0 Å². The summed E-state index contributed by atoms with van der Waals surface area (Å²) in [7, 11) is 0. The summed E-state index contributed by atoms with van der Waals surface area (Å²) in [5, 5.41) is 2.37. The van der Waals surface area contributed by atoms with Crippen molar-refractivity contribution < 1.29 is 0 Å². The zero-order valence-corrected chi connectivity index (χ0v) is 10.8. The van der Waals surface area contributed by atoms with Gasteiger partial charge in [0.05, 0.1) is 0 Å². The highest BCUT2D eigenvalue weighted by atomic mass is 14.8. The molecule has 1 heterocycles. The molecule has 0 aliphatic rings. The molecule has 17 heavy (non-hydrogen) atoms. The Morgan fingerprint density at radius 1 is 1.29 bits per heavy atom. The molecule has 2 nitrogen and oxygen atoms in total. The maximum Gasteiger partial charge on any atom is 0.0428 e. The molecule has 0 radical (unpaired) electrons. The van der Waals surface area contributed by atoms with Crippen LogP contribution in [0.2, 0.25) is 0 Å². The van der Waals surface area contributed by atoms with E-state index in [-0.39, 0.29) is 5.54 Å². The number of aromatic nitrogens is 1. The van der Waals surface area contributed by atoms with E-state index in [1.54, 1.807) is 0 Å². The minimum Gasteiger partial charge on any atom is -0.321 e. The number of pyridine rings is 1. The molecule has 0 saturated carbocycles. The lowest BCUT2D eigenvalue weighted by Gasteiger charge is -2.32. The van der Waals surface area contributed by atoms with Crippen LogP contribution in [0.15, 0.2) is 36.7 Å². The van der Waals surface area contributed by atoms with Gasteiger partial charge in [0.1, 0.15) is 0 Å². The Kier molecular flexibility index (Phi) is 3.16. The van der Waals surface area contributed by atoms with Crippen molar-refractivity contribution >= 4 is 10.8 Å². The fourth-order valence-electron chi connectivity index (χ4n) is 2.24. The third-order valence-corrected chi connectivity index (χ3v) is 3.88. The van der Waals surface area contributed by atoms with Crippen molar-refractivity contribution in [3.8, 4) is 0 Å². The molecular formula is C15H20N2. The number of nitrogens with two attached hydrogens (primary N) is 1. The van der Waals surface area contributed by atoms with Crippen LogP contribution >= 0.6 is 0 Å². The number of benzene rings is 1. The van der Waals surface area contributed by atoms with E-state index in [1.807, 2.05) is 18.5 Å². The molecule has 1 aromatic heterocycles. The van der Waals surface area contributed by atoms with Crippen molar-refractivity contribution in [2.24, 2.45) is 11.7 Å². The second-order valence-corrected chi connectivity index (χ2v) is 5.00. The first kappa shape index (κ1) is 12.1. The summed E-state index contributed by atoms with van der Waals surface area (Å²) in [6.45, 7) is 6.47. The Balaban J connectivity index is 2.63. The van der Waals surface area contributed by atoms with Crippen molar-refractivity contribution in [2.75, 3.05) is 0 Å². The molecule has 2 rings (SSSR count). The first-order valence-corrected chi connectivity index (χ1v) is 6.19. The molecule has 1 aromatic carbocycles. The maximum absolute atomic E-state index is 6.52. The number of hydrogen-bond acceptors (Lipinski definition) is 2. The van der Waals surface area contributed by atoms with Crippen molar-refractivity contribution in [3.63, 3.8) is 0 Å². The summed E-state index contributed by atoms with van der Waals surface area (Å²) < 4.78 is 0. The van der Waals surface area contributed by atoms with Gasteiger partial charge < -0.3 is 5.73 Å². The molecule has 0 aliphatic carbocycles. The summed E-state index contributed by atoms with van der Waals surface area (Å²) in [6.07, 6.45) is 4.87. The topological polar surface area (TPSA) is 38.9 Å². The number of rotatable bonds is 3. The molecule has 2 unspecified atom stereocenters. The Bertz CT molecular complexity index is 512. The Morgan fingerprint density at radius 3 is 2.71 bits per heavy atom. The van der Waals surface area contributed by atoms with E-state index < -0.39 is 0 Å². The van der Waals surface area contributed by atoms with Gasteiger partial charge in [-0.1, -0.05) is 44.5 Å². The second-order valence-electron chi connectivity index (χ2n) is 5.00. The molecule has 0 bridgehead atoms. The first-order valence-electron chi connectivity index (χ1n) is 6.19. The van der Waals surface area contributed by atoms with Crippen LogP contribution in [0.25, 0.3) is 10.8 Å². The van der Waals surface area contributed by atoms with Crippen molar-refractivity contribution in [3.05, 3.63) is 42.2 Å². The molecule has 2 heteroatoms. The van der Waals surface area contributed by atoms with Gasteiger partial charge in [0.2, 0.25) is 0 Å². The summed E-state index contributed by atoms with van der Waals surface area (Å²) in [6, 6.07) is 8.29. The lowest BCUT2D eigenvalue weighted by Crippen LogP contribution is -2.39. The minimum atomic E-state index is -0.331. The average Bonchev–Trinajstić information content (AvgIpc) is 2.37. The average molecular weight is 228 g/mol. The lowest BCUT2D eigenvalue weighted by atomic mass is 9.79. The Morgan fingerprint density at radius 2 is 2.00 bits per heavy atom. The van der Waals surface area contributed by atoms with E-state index in [2.05, 4.69) is 44.0 Å². The van der Waals surface area contributed by atoms with Gasteiger partial charge in [0.15, 0.2) is 0 Å². The fourth-order valence-corrected chi connectivity index (χ4v) is 2.24. The van der Waals surface area contributed by atoms with Crippen LogP contribution in [0.3, 0.4) is 0 Å². The summed E-state index contributed by atoms with van der Waals surface area (Å²) in [5.41, 5.74) is 7.33. The number of nitrogens with zero attached hydrogens (tertiary/aromatic N) is 1. The van der Waals surface area contributed by atoms with Gasteiger partial charge in [-0.2, -0.15) is 0 Å². The molecular weight excluding hydrogens is 208 g/mol. The normalized spacial score (nSPS) is 16.7. The minimum absolute atomic E-state index is 0.331. The van der Waals surface area contributed by atoms with Crippen LogP contribution in [0, 0.1) is 5.92 Å². The highest BCUT2D eigenvalue weighted by molar-refractivity contribution is 5.85. The van der Waals surface area contributed by atoms with Crippen LogP contribution in [-0.2, 0) is 5.54 Å². The molecule has 0 amide bonds. The lowest BCUT2D eigenvalue weighted by molar-refractivity contribution is 0.318. The maximum atomic E-state index is 6.52. The van der Waals surface area contributed by atoms with Crippen LogP contribution in [0.1, 0.15) is 32.8 Å². The van der Waals surface area contributed by atoms with Gasteiger partial charge in [-0.3, -0.25) is 4.98 Å². The smallest absolute Gasteiger partial charge is 0.0428 e. The van der Waals surface area contributed by atoms with Crippen LogP contribution < -0.4 is 5.73 Å². The molecule has 0 spiro atoms. The van der Waals surface area contributed by atoms with Crippen molar-refractivity contribution in [1.29, 1.82) is 0 Å².